The number of carboxylic acid groups (broad SMARTS) is 1. The molecule has 0 spiro atoms. The highest BCUT2D eigenvalue weighted by Gasteiger charge is 2.19. The van der Waals surface area contributed by atoms with Gasteiger partial charge in [0.05, 0.1) is 28.4 Å². The lowest BCUT2D eigenvalue weighted by atomic mass is 10.0. The number of nitrogens with one attached hydrogen (secondary N) is 1. The molecule has 0 aliphatic carbocycles. The summed E-state index contributed by atoms with van der Waals surface area (Å²) in [6.45, 7) is 8.03. The molecule has 0 fully saturated rings. The van der Waals surface area contributed by atoms with E-state index in [4.69, 9.17) is 33.0 Å². The molecule has 1 heterocycles. The second-order valence-electron chi connectivity index (χ2n) is 9.55. The zero-order valence-electron chi connectivity index (χ0n) is 21.7. The van der Waals surface area contributed by atoms with Crippen LogP contribution in [0.3, 0.4) is 0 Å². The number of nitrogens with zero attached hydrogens (tertiary/aromatic N) is 2. The number of carboxylic acids is 1. The molecule has 0 bridgehead atoms. The molecule has 0 atom stereocenters. The molecule has 3 aromatic carbocycles. The zero-order valence-corrected chi connectivity index (χ0v) is 23.2. The van der Waals surface area contributed by atoms with Crippen molar-refractivity contribution in [3.63, 3.8) is 0 Å². The van der Waals surface area contributed by atoms with Crippen molar-refractivity contribution in [3.8, 4) is 11.4 Å². The number of benzene rings is 3. The summed E-state index contributed by atoms with van der Waals surface area (Å²) in [4.78, 5) is 10.8. The highest BCUT2D eigenvalue weighted by atomic mass is 35.5. The predicted molar refractivity (Wildman–Crippen MR) is 152 cm³/mol. The SMILES string of the molecule is Cc1cc(OCc2c(C(C)C)cnn2-c2c(Cl)cccc2Cl)ccc1CNCc1ccc(CC(=O)O)cc1. The third-order valence-corrected chi connectivity index (χ3v) is 7.00. The number of para-hydroxylation sites is 1. The molecule has 0 saturated heterocycles. The lowest BCUT2D eigenvalue weighted by Gasteiger charge is -2.16. The summed E-state index contributed by atoms with van der Waals surface area (Å²) < 4.78 is 8.00. The molecule has 6 nitrogen and oxygen atoms in total. The first-order valence-corrected chi connectivity index (χ1v) is 13.2. The Kier molecular flexibility index (Phi) is 9.10. The van der Waals surface area contributed by atoms with Gasteiger partial charge in [-0.1, -0.05) is 73.4 Å². The molecule has 4 aromatic rings. The monoisotopic (exact) mass is 551 g/mol. The number of rotatable bonds is 11. The molecule has 0 amide bonds. The summed E-state index contributed by atoms with van der Waals surface area (Å²) in [5.74, 6) is 0.204. The summed E-state index contributed by atoms with van der Waals surface area (Å²) >= 11 is 12.9. The van der Waals surface area contributed by atoms with E-state index in [1.54, 1.807) is 16.8 Å². The van der Waals surface area contributed by atoms with Crippen LogP contribution in [-0.2, 0) is 30.9 Å². The fourth-order valence-corrected chi connectivity index (χ4v) is 4.85. The van der Waals surface area contributed by atoms with E-state index in [-0.39, 0.29) is 12.3 Å². The number of carbonyl (C=O) groups is 1. The maximum Gasteiger partial charge on any atom is 0.307 e. The van der Waals surface area contributed by atoms with Crippen LogP contribution in [0.4, 0.5) is 0 Å². The predicted octanol–water partition coefficient (Wildman–Crippen LogP) is 7.11. The van der Waals surface area contributed by atoms with Gasteiger partial charge in [-0.05, 0) is 64.9 Å². The Morgan fingerprint density at radius 1 is 1.03 bits per heavy atom. The summed E-state index contributed by atoms with van der Waals surface area (Å²) in [6, 6.07) is 19.1. The second-order valence-corrected chi connectivity index (χ2v) is 10.4. The Bertz CT molecular complexity index is 1390. The van der Waals surface area contributed by atoms with Crippen molar-refractivity contribution in [1.82, 2.24) is 15.1 Å². The van der Waals surface area contributed by atoms with Crippen LogP contribution in [0, 0.1) is 6.92 Å². The van der Waals surface area contributed by atoms with Gasteiger partial charge in [0.15, 0.2) is 0 Å². The van der Waals surface area contributed by atoms with Crippen molar-refractivity contribution in [3.05, 3.63) is 110 Å². The fourth-order valence-electron chi connectivity index (χ4n) is 4.30. The quantitative estimate of drug-likeness (QED) is 0.208. The van der Waals surface area contributed by atoms with Gasteiger partial charge in [0.1, 0.15) is 18.0 Å². The van der Waals surface area contributed by atoms with Crippen LogP contribution in [-0.4, -0.2) is 20.9 Å². The Hall–Kier alpha value is -3.32. The summed E-state index contributed by atoms with van der Waals surface area (Å²) in [6.07, 6.45) is 1.89. The third kappa shape index (κ3) is 6.76. The minimum absolute atomic E-state index is 0.0379. The minimum atomic E-state index is -0.824. The number of aliphatic carboxylic acids is 1. The molecular formula is C30H31Cl2N3O3. The zero-order chi connectivity index (χ0) is 27.2. The minimum Gasteiger partial charge on any atom is -0.487 e. The summed E-state index contributed by atoms with van der Waals surface area (Å²) in [7, 11) is 0. The van der Waals surface area contributed by atoms with Crippen molar-refractivity contribution in [1.29, 1.82) is 0 Å². The van der Waals surface area contributed by atoms with Crippen molar-refractivity contribution in [2.24, 2.45) is 0 Å². The molecule has 0 unspecified atom stereocenters. The Morgan fingerprint density at radius 3 is 2.34 bits per heavy atom. The standard InChI is InChI=1S/C30H31Cl2N3O3/c1-19(2)25-17-34-35(30-26(31)5-4-6-27(30)32)28(25)18-38-24-12-11-23(20(3)13-24)16-33-15-22-9-7-21(8-10-22)14-29(36)37/h4-13,17,19,33H,14-16,18H2,1-3H3,(H,36,37). The highest BCUT2D eigenvalue weighted by molar-refractivity contribution is 6.37. The van der Waals surface area contributed by atoms with Crippen molar-refractivity contribution in [2.45, 2.75) is 52.8 Å². The Balaban J connectivity index is 1.41. The third-order valence-electron chi connectivity index (χ3n) is 6.39. The topological polar surface area (TPSA) is 76.4 Å². The molecule has 4 rings (SSSR count). The van der Waals surface area contributed by atoms with Crippen molar-refractivity contribution in [2.75, 3.05) is 0 Å². The first-order chi connectivity index (χ1) is 18.2. The lowest BCUT2D eigenvalue weighted by molar-refractivity contribution is -0.136. The molecule has 0 saturated carbocycles. The van der Waals surface area contributed by atoms with E-state index in [2.05, 4.69) is 37.3 Å². The first-order valence-electron chi connectivity index (χ1n) is 12.5. The number of aryl methyl sites for hydroxylation is 1. The maximum absolute atomic E-state index is 10.8. The van der Waals surface area contributed by atoms with Gasteiger partial charge >= 0.3 is 5.97 Å². The molecule has 38 heavy (non-hydrogen) atoms. The average molecular weight is 553 g/mol. The van der Waals surface area contributed by atoms with Crippen LogP contribution in [0.1, 0.15) is 53.3 Å². The highest BCUT2D eigenvalue weighted by Crippen LogP contribution is 2.32. The maximum atomic E-state index is 10.8. The van der Waals surface area contributed by atoms with Gasteiger partial charge < -0.3 is 15.2 Å². The van der Waals surface area contributed by atoms with Crippen LogP contribution in [0.2, 0.25) is 10.0 Å². The number of hydrogen-bond donors (Lipinski definition) is 2. The van der Waals surface area contributed by atoms with Crippen LogP contribution in [0.15, 0.2) is 66.9 Å². The Morgan fingerprint density at radius 2 is 1.71 bits per heavy atom. The van der Waals surface area contributed by atoms with E-state index in [1.165, 1.54) is 5.56 Å². The van der Waals surface area contributed by atoms with E-state index in [1.807, 2.05) is 48.7 Å². The van der Waals surface area contributed by atoms with Crippen molar-refractivity contribution >= 4 is 29.2 Å². The van der Waals surface area contributed by atoms with Gasteiger partial charge in [-0.15, -0.1) is 0 Å². The van der Waals surface area contributed by atoms with Gasteiger partial charge in [0.2, 0.25) is 0 Å². The average Bonchev–Trinajstić information content (AvgIpc) is 3.28. The normalized spacial score (nSPS) is 11.2. The van der Waals surface area contributed by atoms with Crippen LogP contribution >= 0.6 is 23.2 Å². The van der Waals surface area contributed by atoms with E-state index in [0.29, 0.717) is 35.4 Å². The van der Waals surface area contributed by atoms with Gasteiger partial charge in [0, 0.05) is 13.1 Å². The molecular weight excluding hydrogens is 521 g/mol. The van der Waals surface area contributed by atoms with E-state index in [9.17, 15) is 4.79 Å². The van der Waals surface area contributed by atoms with E-state index < -0.39 is 5.97 Å². The summed E-state index contributed by atoms with van der Waals surface area (Å²) in [5, 5.41) is 18.0. The second kappa shape index (κ2) is 12.5. The fraction of sp³-hybridized carbons (Fsp3) is 0.267. The van der Waals surface area contributed by atoms with Crippen molar-refractivity contribution < 1.29 is 14.6 Å². The van der Waals surface area contributed by atoms with Gasteiger partial charge in [-0.2, -0.15) is 5.10 Å². The molecule has 0 aliphatic rings. The van der Waals surface area contributed by atoms with E-state index >= 15 is 0 Å². The van der Waals surface area contributed by atoms with E-state index in [0.717, 1.165) is 33.7 Å². The molecule has 2 N–H and O–H groups in total. The Labute approximate surface area is 233 Å². The van der Waals surface area contributed by atoms with Gasteiger partial charge in [-0.25, -0.2) is 4.68 Å². The molecule has 0 radical (unpaired) electrons. The largest absolute Gasteiger partial charge is 0.487 e. The smallest absolute Gasteiger partial charge is 0.307 e. The molecule has 0 aliphatic heterocycles. The number of ether oxygens (including phenoxy) is 1. The number of hydrogen-bond acceptors (Lipinski definition) is 4. The van der Waals surface area contributed by atoms with Gasteiger partial charge in [0.25, 0.3) is 0 Å². The summed E-state index contributed by atoms with van der Waals surface area (Å²) in [5.41, 5.74) is 6.84. The lowest BCUT2D eigenvalue weighted by Crippen LogP contribution is -2.14. The first kappa shape index (κ1) is 27.7. The van der Waals surface area contributed by atoms with Gasteiger partial charge in [-0.3, -0.25) is 4.79 Å². The molecule has 8 heteroatoms. The van der Waals surface area contributed by atoms with Crippen LogP contribution in [0.25, 0.3) is 5.69 Å². The molecule has 198 valence electrons. The molecule has 1 aromatic heterocycles. The van der Waals surface area contributed by atoms with Crippen LogP contribution in [0.5, 0.6) is 5.75 Å². The number of aromatic nitrogens is 2. The van der Waals surface area contributed by atoms with Crippen LogP contribution < -0.4 is 10.1 Å². The number of halogens is 2.